The van der Waals surface area contributed by atoms with E-state index in [0.29, 0.717) is 6.61 Å². The summed E-state index contributed by atoms with van der Waals surface area (Å²) in [6.45, 7) is 4.59. The average molecular weight is 331 g/mol. The monoisotopic (exact) mass is 331 g/mol. The number of nitrogens with zero attached hydrogens (tertiary/aromatic N) is 3. The first-order valence-electron chi connectivity index (χ1n) is 9.04. The third-order valence-electron chi connectivity index (χ3n) is 5.02. The van der Waals surface area contributed by atoms with Crippen LogP contribution in [0.5, 0.6) is 5.75 Å². The molecule has 24 heavy (non-hydrogen) atoms. The van der Waals surface area contributed by atoms with Gasteiger partial charge in [-0.2, -0.15) is 0 Å². The molecule has 1 atom stereocenters. The standard InChI is InChI=1S/C18H25N3O3/c22-18(16-2-1-11-23-16)21-9-7-20(8-10-21)17-12-15(5-6-19-17)24-13-14-3-4-14/h5-6,12,14,16H,1-4,7-11,13H2. The summed E-state index contributed by atoms with van der Waals surface area (Å²) in [5.41, 5.74) is 0. The largest absolute Gasteiger partial charge is 0.493 e. The van der Waals surface area contributed by atoms with E-state index in [4.69, 9.17) is 9.47 Å². The Labute approximate surface area is 142 Å². The van der Waals surface area contributed by atoms with Crippen molar-refractivity contribution in [3.05, 3.63) is 18.3 Å². The zero-order valence-corrected chi connectivity index (χ0v) is 14.0. The molecule has 0 radical (unpaired) electrons. The van der Waals surface area contributed by atoms with Gasteiger partial charge in [-0.05, 0) is 37.7 Å². The molecule has 2 saturated heterocycles. The maximum absolute atomic E-state index is 12.4. The first kappa shape index (κ1) is 15.7. The summed E-state index contributed by atoms with van der Waals surface area (Å²) in [5, 5.41) is 0. The SMILES string of the molecule is O=C(C1CCCO1)N1CCN(c2cc(OCC3CC3)ccn2)CC1. The maximum Gasteiger partial charge on any atom is 0.251 e. The predicted molar refractivity (Wildman–Crippen MR) is 90.2 cm³/mol. The summed E-state index contributed by atoms with van der Waals surface area (Å²) >= 11 is 0. The van der Waals surface area contributed by atoms with Gasteiger partial charge in [0.1, 0.15) is 17.7 Å². The van der Waals surface area contributed by atoms with Crippen molar-refractivity contribution in [3.63, 3.8) is 0 Å². The Kier molecular flexibility index (Phi) is 4.56. The van der Waals surface area contributed by atoms with Crippen LogP contribution in [0.1, 0.15) is 25.7 Å². The quantitative estimate of drug-likeness (QED) is 0.822. The van der Waals surface area contributed by atoms with E-state index in [1.165, 1.54) is 12.8 Å². The molecule has 1 unspecified atom stereocenters. The fourth-order valence-corrected chi connectivity index (χ4v) is 3.29. The van der Waals surface area contributed by atoms with Gasteiger partial charge in [0.25, 0.3) is 5.91 Å². The second kappa shape index (κ2) is 6.97. The molecule has 1 aliphatic carbocycles. The van der Waals surface area contributed by atoms with Crippen LogP contribution in [-0.2, 0) is 9.53 Å². The normalized spacial score (nSPS) is 24.2. The van der Waals surface area contributed by atoms with Gasteiger partial charge in [-0.3, -0.25) is 4.79 Å². The van der Waals surface area contributed by atoms with E-state index in [9.17, 15) is 4.79 Å². The minimum atomic E-state index is -0.214. The highest BCUT2D eigenvalue weighted by Gasteiger charge is 2.30. The molecule has 0 N–H and O–H groups in total. The van der Waals surface area contributed by atoms with Crippen LogP contribution in [0.4, 0.5) is 5.82 Å². The molecule has 6 nitrogen and oxygen atoms in total. The van der Waals surface area contributed by atoms with Gasteiger partial charge in [0.2, 0.25) is 0 Å². The van der Waals surface area contributed by atoms with E-state index in [2.05, 4.69) is 9.88 Å². The third-order valence-corrected chi connectivity index (χ3v) is 5.02. The first-order chi connectivity index (χ1) is 11.8. The van der Waals surface area contributed by atoms with Crippen LogP contribution < -0.4 is 9.64 Å². The summed E-state index contributed by atoms with van der Waals surface area (Å²) in [4.78, 5) is 21.0. The number of aromatic nitrogens is 1. The van der Waals surface area contributed by atoms with Gasteiger partial charge in [-0.1, -0.05) is 0 Å². The van der Waals surface area contributed by atoms with Crippen LogP contribution in [-0.4, -0.2) is 61.3 Å². The second-order valence-corrected chi connectivity index (χ2v) is 6.92. The molecule has 0 aromatic carbocycles. The van der Waals surface area contributed by atoms with Crippen molar-refractivity contribution < 1.29 is 14.3 Å². The fraction of sp³-hybridized carbons (Fsp3) is 0.667. The average Bonchev–Trinajstić information content (AvgIpc) is 3.31. The lowest BCUT2D eigenvalue weighted by molar-refractivity contribution is -0.141. The molecule has 4 rings (SSSR count). The zero-order chi connectivity index (χ0) is 16.4. The molecule has 0 spiro atoms. The molecule has 0 bridgehead atoms. The summed E-state index contributed by atoms with van der Waals surface area (Å²) in [6, 6.07) is 3.93. The number of pyridine rings is 1. The van der Waals surface area contributed by atoms with Crippen molar-refractivity contribution in [2.45, 2.75) is 31.8 Å². The number of carbonyl (C=O) groups is 1. The van der Waals surface area contributed by atoms with Crippen molar-refractivity contribution in [1.82, 2.24) is 9.88 Å². The molecule has 3 aliphatic rings. The van der Waals surface area contributed by atoms with E-state index in [1.807, 2.05) is 23.2 Å². The van der Waals surface area contributed by atoms with Gasteiger partial charge in [-0.25, -0.2) is 4.98 Å². The molecule has 3 heterocycles. The van der Waals surface area contributed by atoms with Gasteiger partial charge < -0.3 is 19.3 Å². The summed E-state index contributed by atoms with van der Waals surface area (Å²) < 4.78 is 11.4. The highest BCUT2D eigenvalue weighted by atomic mass is 16.5. The molecule has 1 aromatic rings. The van der Waals surface area contributed by atoms with Gasteiger partial charge in [0.05, 0.1) is 6.61 Å². The Morgan fingerprint density at radius 1 is 1.25 bits per heavy atom. The van der Waals surface area contributed by atoms with Crippen LogP contribution in [0, 0.1) is 5.92 Å². The molecule has 2 aliphatic heterocycles. The number of ether oxygens (including phenoxy) is 2. The third kappa shape index (κ3) is 3.64. The minimum absolute atomic E-state index is 0.154. The molecule has 3 fully saturated rings. The lowest BCUT2D eigenvalue weighted by atomic mass is 10.2. The smallest absolute Gasteiger partial charge is 0.251 e. The molecular formula is C18H25N3O3. The number of rotatable bonds is 5. The lowest BCUT2D eigenvalue weighted by Crippen LogP contribution is -2.51. The number of hydrogen-bond acceptors (Lipinski definition) is 5. The molecule has 1 amide bonds. The predicted octanol–water partition coefficient (Wildman–Crippen LogP) is 1.70. The van der Waals surface area contributed by atoms with Crippen LogP contribution in [0.2, 0.25) is 0 Å². The number of piperazine rings is 1. The van der Waals surface area contributed by atoms with Crippen LogP contribution >= 0.6 is 0 Å². The van der Waals surface area contributed by atoms with Crippen LogP contribution in [0.3, 0.4) is 0 Å². The molecule has 1 aromatic heterocycles. The Bertz CT molecular complexity index is 577. The summed E-state index contributed by atoms with van der Waals surface area (Å²) in [5.74, 6) is 2.73. The number of amides is 1. The topological polar surface area (TPSA) is 54.9 Å². The van der Waals surface area contributed by atoms with E-state index < -0.39 is 0 Å². The van der Waals surface area contributed by atoms with Gasteiger partial charge in [-0.15, -0.1) is 0 Å². The second-order valence-electron chi connectivity index (χ2n) is 6.92. The van der Waals surface area contributed by atoms with Crippen molar-refractivity contribution in [2.75, 3.05) is 44.3 Å². The molecular weight excluding hydrogens is 306 g/mol. The van der Waals surface area contributed by atoms with E-state index in [0.717, 1.165) is 63.1 Å². The van der Waals surface area contributed by atoms with Crippen molar-refractivity contribution in [1.29, 1.82) is 0 Å². The molecule has 6 heteroatoms. The van der Waals surface area contributed by atoms with Crippen molar-refractivity contribution >= 4 is 11.7 Å². The number of hydrogen-bond donors (Lipinski definition) is 0. The summed E-state index contributed by atoms with van der Waals surface area (Å²) in [6.07, 6.45) is 6.03. The van der Waals surface area contributed by atoms with E-state index in [1.54, 1.807) is 0 Å². The lowest BCUT2D eigenvalue weighted by Gasteiger charge is -2.36. The Balaban J connectivity index is 1.31. The summed E-state index contributed by atoms with van der Waals surface area (Å²) in [7, 11) is 0. The Morgan fingerprint density at radius 3 is 2.79 bits per heavy atom. The van der Waals surface area contributed by atoms with E-state index in [-0.39, 0.29) is 12.0 Å². The number of carbonyl (C=O) groups excluding carboxylic acids is 1. The van der Waals surface area contributed by atoms with Crippen LogP contribution in [0.15, 0.2) is 18.3 Å². The Morgan fingerprint density at radius 2 is 2.08 bits per heavy atom. The minimum Gasteiger partial charge on any atom is -0.493 e. The van der Waals surface area contributed by atoms with Gasteiger partial charge >= 0.3 is 0 Å². The Hall–Kier alpha value is -1.82. The number of anilines is 1. The van der Waals surface area contributed by atoms with Crippen molar-refractivity contribution in [3.8, 4) is 5.75 Å². The van der Waals surface area contributed by atoms with Gasteiger partial charge in [0.15, 0.2) is 0 Å². The zero-order valence-electron chi connectivity index (χ0n) is 14.0. The fourth-order valence-electron chi connectivity index (χ4n) is 3.29. The molecule has 1 saturated carbocycles. The highest BCUT2D eigenvalue weighted by Crippen LogP contribution is 2.30. The first-order valence-corrected chi connectivity index (χ1v) is 9.04. The molecule has 130 valence electrons. The van der Waals surface area contributed by atoms with Crippen molar-refractivity contribution in [2.24, 2.45) is 5.92 Å². The maximum atomic E-state index is 12.4. The highest BCUT2D eigenvalue weighted by molar-refractivity contribution is 5.81. The van der Waals surface area contributed by atoms with Gasteiger partial charge in [0, 0.05) is 45.0 Å². The van der Waals surface area contributed by atoms with E-state index >= 15 is 0 Å². The van der Waals surface area contributed by atoms with Crippen LogP contribution in [0.25, 0.3) is 0 Å².